The highest BCUT2D eigenvalue weighted by atomic mass is 16.5. The number of anilines is 1. The van der Waals surface area contributed by atoms with Gasteiger partial charge in [0.15, 0.2) is 0 Å². The molecule has 2 aliphatic rings. The molecule has 0 saturated carbocycles. The maximum absolute atomic E-state index is 12.6. The van der Waals surface area contributed by atoms with Crippen molar-refractivity contribution in [2.75, 3.05) is 18.4 Å². The second kappa shape index (κ2) is 6.60. The largest absolute Gasteiger partial charge is 0.367 e. The molecule has 1 aromatic heterocycles. The molecule has 138 valence electrons. The van der Waals surface area contributed by atoms with E-state index < -0.39 is 0 Å². The van der Waals surface area contributed by atoms with Crippen molar-refractivity contribution in [2.24, 2.45) is 5.92 Å². The summed E-state index contributed by atoms with van der Waals surface area (Å²) in [5.41, 5.74) is 0.287. The van der Waals surface area contributed by atoms with Gasteiger partial charge in [-0.25, -0.2) is 4.98 Å². The number of aromatic nitrogens is 1. The summed E-state index contributed by atoms with van der Waals surface area (Å²) in [5, 5.41) is 3.48. The zero-order chi connectivity index (χ0) is 18.2. The highest BCUT2D eigenvalue weighted by Crippen LogP contribution is 2.38. The lowest BCUT2D eigenvalue weighted by molar-refractivity contribution is -0.0662. The van der Waals surface area contributed by atoms with E-state index in [1.165, 1.54) is 0 Å². The molecule has 0 aromatic carbocycles. The van der Waals surface area contributed by atoms with Crippen molar-refractivity contribution in [3.05, 3.63) is 23.9 Å². The molecule has 5 heteroatoms. The molecule has 0 radical (unpaired) electrons. The van der Waals surface area contributed by atoms with Crippen LogP contribution in [0.4, 0.5) is 5.82 Å². The highest BCUT2D eigenvalue weighted by Gasteiger charge is 2.45. The van der Waals surface area contributed by atoms with Crippen LogP contribution in [0.15, 0.2) is 18.3 Å². The van der Waals surface area contributed by atoms with Crippen molar-refractivity contribution in [2.45, 2.75) is 71.1 Å². The van der Waals surface area contributed by atoms with Crippen molar-refractivity contribution in [1.82, 2.24) is 9.88 Å². The Morgan fingerprint density at radius 2 is 1.92 bits per heavy atom. The van der Waals surface area contributed by atoms with E-state index in [4.69, 9.17) is 4.74 Å². The van der Waals surface area contributed by atoms with E-state index in [-0.39, 0.29) is 23.2 Å². The minimum atomic E-state index is -0.246. The molecule has 3 heterocycles. The first-order valence-electron chi connectivity index (χ1n) is 9.38. The van der Waals surface area contributed by atoms with Crippen molar-refractivity contribution >= 4 is 11.7 Å². The maximum Gasteiger partial charge on any atom is 0.255 e. The van der Waals surface area contributed by atoms with E-state index in [2.05, 4.69) is 44.9 Å². The summed E-state index contributed by atoms with van der Waals surface area (Å²) in [6.07, 6.45) is 4.79. The first kappa shape index (κ1) is 18.2. The van der Waals surface area contributed by atoms with Crippen LogP contribution in [-0.4, -0.2) is 46.1 Å². The molecule has 0 aliphatic carbocycles. The third-order valence-electron chi connectivity index (χ3n) is 5.48. The third kappa shape index (κ3) is 4.14. The Bertz CT molecular complexity index is 616. The highest BCUT2D eigenvalue weighted by molar-refractivity contribution is 5.94. The number of hydrogen-bond acceptors (Lipinski definition) is 4. The van der Waals surface area contributed by atoms with Gasteiger partial charge in [-0.05, 0) is 65.0 Å². The Morgan fingerprint density at radius 3 is 2.44 bits per heavy atom. The summed E-state index contributed by atoms with van der Waals surface area (Å²) in [5.74, 6) is 1.61. The quantitative estimate of drug-likeness (QED) is 0.907. The molecule has 1 unspecified atom stereocenters. The Balaban J connectivity index is 1.64. The topological polar surface area (TPSA) is 54.5 Å². The summed E-state index contributed by atoms with van der Waals surface area (Å²) in [7, 11) is 0. The number of nitrogens with zero attached hydrogens (tertiary/aromatic N) is 2. The summed E-state index contributed by atoms with van der Waals surface area (Å²) >= 11 is 0. The second-order valence-electron chi connectivity index (χ2n) is 8.77. The van der Waals surface area contributed by atoms with Crippen LogP contribution in [0.3, 0.4) is 0 Å². The molecule has 1 atom stereocenters. The molecule has 1 N–H and O–H groups in total. The number of carbonyl (C=O) groups is 1. The van der Waals surface area contributed by atoms with E-state index >= 15 is 0 Å². The van der Waals surface area contributed by atoms with Gasteiger partial charge in [-0.15, -0.1) is 0 Å². The number of amides is 1. The Hall–Kier alpha value is -1.62. The SMILES string of the molecule is CC1CCN(C(=O)c2ccc(NC3CC(C)(C)OC3(C)C)nc2)CC1. The zero-order valence-electron chi connectivity index (χ0n) is 16.1. The smallest absolute Gasteiger partial charge is 0.255 e. The predicted molar refractivity (Wildman–Crippen MR) is 99.8 cm³/mol. The summed E-state index contributed by atoms with van der Waals surface area (Å²) in [6.45, 7) is 12.4. The van der Waals surface area contributed by atoms with Crippen LogP contribution in [0.25, 0.3) is 0 Å². The normalized spacial score (nSPS) is 25.8. The van der Waals surface area contributed by atoms with E-state index in [9.17, 15) is 4.79 Å². The van der Waals surface area contributed by atoms with Gasteiger partial charge in [-0.2, -0.15) is 0 Å². The Morgan fingerprint density at radius 1 is 1.24 bits per heavy atom. The average Bonchev–Trinajstić information content (AvgIpc) is 2.75. The van der Waals surface area contributed by atoms with Gasteiger partial charge in [-0.1, -0.05) is 6.92 Å². The van der Waals surface area contributed by atoms with E-state index in [0.717, 1.165) is 44.1 Å². The van der Waals surface area contributed by atoms with Gasteiger partial charge < -0.3 is 15.0 Å². The fourth-order valence-corrected chi connectivity index (χ4v) is 3.97. The van der Waals surface area contributed by atoms with Crippen LogP contribution in [0.2, 0.25) is 0 Å². The molecule has 1 aromatic rings. The molecule has 5 nitrogen and oxygen atoms in total. The second-order valence-corrected chi connectivity index (χ2v) is 8.77. The van der Waals surface area contributed by atoms with Crippen molar-refractivity contribution in [3.63, 3.8) is 0 Å². The summed E-state index contributed by atoms with van der Waals surface area (Å²) in [4.78, 5) is 19.0. The fourth-order valence-electron chi connectivity index (χ4n) is 3.97. The number of rotatable bonds is 3. The van der Waals surface area contributed by atoms with E-state index in [0.29, 0.717) is 5.56 Å². The van der Waals surface area contributed by atoms with Crippen molar-refractivity contribution in [1.29, 1.82) is 0 Å². The minimum Gasteiger partial charge on any atom is -0.367 e. The van der Waals surface area contributed by atoms with Crippen LogP contribution in [-0.2, 0) is 4.74 Å². The number of likely N-dealkylation sites (tertiary alicyclic amines) is 1. The average molecular weight is 345 g/mol. The minimum absolute atomic E-state index is 0.0941. The lowest BCUT2D eigenvalue weighted by Gasteiger charge is -2.30. The van der Waals surface area contributed by atoms with Crippen molar-refractivity contribution < 1.29 is 9.53 Å². The number of nitrogens with one attached hydrogen (secondary N) is 1. The first-order valence-corrected chi connectivity index (χ1v) is 9.38. The summed E-state index contributed by atoms with van der Waals surface area (Å²) < 4.78 is 6.12. The number of pyridine rings is 1. The molecule has 0 bridgehead atoms. The maximum atomic E-state index is 12.6. The first-order chi connectivity index (χ1) is 11.7. The van der Waals surface area contributed by atoms with Gasteiger partial charge in [0, 0.05) is 19.3 Å². The molecule has 0 spiro atoms. The van der Waals surface area contributed by atoms with Crippen LogP contribution < -0.4 is 5.32 Å². The van der Waals surface area contributed by atoms with Crippen LogP contribution >= 0.6 is 0 Å². The molecule has 1 amide bonds. The monoisotopic (exact) mass is 345 g/mol. The zero-order valence-corrected chi connectivity index (χ0v) is 16.1. The summed E-state index contributed by atoms with van der Waals surface area (Å²) in [6, 6.07) is 3.98. The Labute approximate surface area is 151 Å². The molecule has 2 fully saturated rings. The van der Waals surface area contributed by atoms with Crippen LogP contribution in [0.5, 0.6) is 0 Å². The van der Waals surface area contributed by atoms with Gasteiger partial charge in [0.1, 0.15) is 5.82 Å². The molecule has 2 saturated heterocycles. The van der Waals surface area contributed by atoms with Crippen molar-refractivity contribution in [3.8, 4) is 0 Å². The lowest BCUT2D eigenvalue weighted by Crippen LogP contribution is -2.38. The molecule has 2 aliphatic heterocycles. The molecular formula is C20H31N3O2. The van der Waals surface area contributed by atoms with Gasteiger partial charge in [0.05, 0.1) is 22.8 Å². The van der Waals surface area contributed by atoms with Gasteiger partial charge >= 0.3 is 0 Å². The fraction of sp³-hybridized carbons (Fsp3) is 0.700. The standard InChI is InChI=1S/C20H31N3O2/c1-14-8-10-23(11-9-14)18(24)15-6-7-17(21-13-15)22-16-12-19(2,3)25-20(16,4)5/h6-7,13-14,16H,8-12H2,1-5H3,(H,21,22). The number of hydrogen-bond donors (Lipinski definition) is 1. The number of piperidine rings is 1. The van der Waals surface area contributed by atoms with Gasteiger partial charge in [0.2, 0.25) is 0 Å². The molecule has 25 heavy (non-hydrogen) atoms. The predicted octanol–water partition coefficient (Wildman–Crippen LogP) is 3.71. The van der Waals surface area contributed by atoms with E-state index in [1.54, 1.807) is 6.20 Å². The van der Waals surface area contributed by atoms with Gasteiger partial charge in [-0.3, -0.25) is 4.79 Å². The lowest BCUT2D eigenvalue weighted by atomic mass is 9.94. The Kier molecular flexibility index (Phi) is 4.80. The third-order valence-corrected chi connectivity index (χ3v) is 5.48. The van der Waals surface area contributed by atoms with Crippen LogP contribution in [0, 0.1) is 5.92 Å². The van der Waals surface area contributed by atoms with E-state index in [1.807, 2.05) is 17.0 Å². The molecular weight excluding hydrogens is 314 g/mol. The molecule has 3 rings (SSSR count). The number of ether oxygens (including phenoxy) is 1. The van der Waals surface area contributed by atoms with Crippen LogP contribution in [0.1, 0.15) is 64.2 Å². The van der Waals surface area contributed by atoms with Gasteiger partial charge in [0.25, 0.3) is 5.91 Å². The number of carbonyl (C=O) groups excluding carboxylic acids is 1.